The zero-order valence-electron chi connectivity index (χ0n) is 11.9. The lowest BCUT2D eigenvalue weighted by Gasteiger charge is -2.37. The molecule has 0 saturated carbocycles. The number of hydrogen-bond acceptors (Lipinski definition) is 2. The molecule has 1 unspecified atom stereocenters. The number of fused-ring (bicyclic) bond motifs is 1. The number of anilines is 1. The third-order valence-electron chi connectivity index (χ3n) is 4.21. The molecular formula is C17H19ClN2. The van der Waals surface area contributed by atoms with Gasteiger partial charge >= 0.3 is 0 Å². The zero-order chi connectivity index (χ0) is 14.2. The normalized spacial score (nSPS) is 20.2. The van der Waals surface area contributed by atoms with Gasteiger partial charge in [0, 0.05) is 6.20 Å². The molecule has 0 radical (unpaired) electrons. The van der Waals surface area contributed by atoms with Crippen molar-refractivity contribution in [2.24, 2.45) is 0 Å². The molecule has 20 heavy (non-hydrogen) atoms. The van der Waals surface area contributed by atoms with Gasteiger partial charge in [-0.3, -0.25) is 0 Å². The number of nitrogens with one attached hydrogen (secondary N) is 1. The van der Waals surface area contributed by atoms with Crippen molar-refractivity contribution < 1.29 is 0 Å². The third-order valence-corrected chi connectivity index (χ3v) is 4.51. The summed E-state index contributed by atoms with van der Waals surface area (Å²) in [6, 6.07) is 12.9. The summed E-state index contributed by atoms with van der Waals surface area (Å²) in [5.74, 6) is 0. The fourth-order valence-corrected chi connectivity index (χ4v) is 3.22. The fraction of sp³-hybridized carbons (Fsp3) is 0.353. The molecule has 0 bridgehead atoms. The number of benzene rings is 1. The van der Waals surface area contributed by atoms with Crippen LogP contribution in [-0.2, 0) is 5.41 Å². The number of aromatic nitrogens is 1. The molecular weight excluding hydrogens is 268 g/mol. The summed E-state index contributed by atoms with van der Waals surface area (Å²) in [6.45, 7) is 4.64. The van der Waals surface area contributed by atoms with Gasteiger partial charge in [0.2, 0.25) is 0 Å². The Hall–Kier alpha value is -1.54. The van der Waals surface area contributed by atoms with E-state index >= 15 is 0 Å². The van der Waals surface area contributed by atoms with Crippen LogP contribution in [0.5, 0.6) is 0 Å². The van der Waals surface area contributed by atoms with E-state index in [1.54, 1.807) is 6.20 Å². The van der Waals surface area contributed by atoms with E-state index in [0.717, 1.165) is 12.1 Å². The molecule has 3 heteroatoms. The molecule has 1 heterocycles. The summed E-state index contributed by atoms with van der Waals surface area (Å²) in [5.41, 5.74) is 3.97. The number of rotatable bonds is 2. The molecule has 104 valence electrons. The van der Waals surface area contributed by atoms with Crippen LogP contribution in [0.2, 0.25) is 5.15 Å². The molecule has 0 fully saturated rings. The van der Waals surface area contributed by atoms with Crippen molar-refractivity contribution in [1.82, 2.24) is 4.98 Å². The predicted molar refractivity (Wildman–Crippen MR) is 84.3 cm³/mol. The average molecular weight is 287 g/mol. The second-order valence-corrected chi connectivity index (χ2v) is 6.41. The highest BCUT2D eigenvalue weighted by Gasteiger charge is 2.32. The first kappa shape index (κ1) is 13.4. The van der Waals surface area contributed by atoms with E-state index in [4.69, 9.17) is 11.6 Å². The van der Waals surface area contributed by atoms with E-state index < -0.39 is 0 Å². The first-order valence-corrected chi connectivity index (χ1v) is 7.42. The highest BCUT2D eigenvalue weighted by molar-refractivity contribution is 6.31. The largest absolute Gasteiger partial charge is 0.376 e. The van der Waals surface area contributed by atoms with Crippen LogP contribution in [-0.4, -0.2) is 4.98 Å². The molecule has 2 aromatic rings. The van der Waals surface area contributed by atoms with Crippen LogP contribution in [0.1, 0.15) is 43.9 Å². The van der Waals surface area contributed by atoms with Crippen LogP contribution in [0.25, 0.3) is 0 Å². The molecule has 1 N–H and O–H groups in total. The second kappa shape index (κ2) is 5.10. The van der Waals surface area contributed by atoms with E-state index in [1.165, 1.54) is 17.5 Å². The van der Waals surface area contributed by atoms with Crippen molar-refractivity contribution in [2.45, 2.75) is 38.1 Å². The fourth-order valence-electron chi connectivity index (χ4n) is 3.04. The summed E-state index contributed by atoms with van der Waals surface area (Å²) in [5, 5.41) is 4.09. The SMILES string of the molecule is CC1(C)CCC(Nc2cccnc2Cl)c2ccccc21. The van der Waals surface area contributed by atoms with Crippen molar-refractivity contribution in [3.8, 4) is 0 Å². The molecule has 2 nitrogen and oxygen atoms in total. The Morgan fingerprint density at radius 1 is 1.20 bits per heavy atom. The summed E-state index contributed by atoms with van der Waals surface area (Å²) in [7, 11) is 0. The number of halogens is 1. The molecule has 3 rings (SSSR count). The van der Waals surface area contributed by atoms with Crippen LogP contribution in [0.3, 0.4) is 0 Å². The molecule has 1 aliphatic rings. The molecule has 0 saturated heterocycles. The topological polar surface area (TPSA) is 24.9 Å². The molecule has 0 amide bonds. The average Bonchev–Trinajstić information content (AvgIpc) is 2.44. The Balaban J connectivity index is 1.95. The van der Waals surface area contributed by atoms with E-state index in [2.05, 4.69) is 48.4 Å². The smallest absolute Gasteiger partial charge is 0.152 e. The number of nitrogens with zero attached hydrogens (tertiary/aromatic N) is 1. The minimum absolute atomic E-state index is 0.244. The van der Waals surface area contributed by atoms with Gasteiger partial charge in [0.25, 0.3) is 0 Å². The van der Waals surface area contributed by atoms with Crippen LogP contribution < -0.4 is 5.32 Å². The van der Waals surface area contributed by atoms with Gasteiger partial charge in [0.1, 0.15) is 0 Å². The monoisotopic (exact) mass is 286 g/mol. The Morgan fingerprint density at radius 3 is 2.80 bits per heavy atom. The first-order valence-electron chi connectivity index (χ1n) is 7.04. The minimum atomic E-state index is 0.244. The van der Waals surface area contributed by atoms with Crippen molar-refractivity contribution in [2.75, 3.05) is 5.32 Å². The summed E-state index contributed by atoms with van der Waals surface area (Å²) < 4.78 is 0. The van der Waals surface area contributed by atoms with Crippen molar-refractivity contribution in [3.05, 3.63) is 58.9 Å². The van der Waals surface area contributed by atoms with E-state index in [-0.39, 0.29) is 5.41 Å². The lowest BCUT2D eigenvalue weighted by Crippen LogP contribution is -2.29. The van der Waals surface area contributed by atoms with Crippen LogP contribution in [0.4, 0.5) is 5.69 Å². The van der Waals surface area contributed by atoms with Gasteiger partial charge < -0.3 is 5.32 Å². The van der Waals surface area contributed by atoms with Crippen molar-refractivity contribution >= 4 is 17.3 Å². The number of hydrogen-bond donors (Lipinski definition) is 1. The van der Waals surface area contributed by atoms with Gasteiger partial charge in [0.05, 0.1) is 11.7 Å². The van der Waals surface area contributed by atoms with Gasteiger partial charge in [-0.1, -0.05) is 49.7 Å². The number of pyridine rings is 1. The van der Waals surface area contributed by atoms with Crippen LogP contribution in [0.15, 0.2) is 42.6 Å². The minimum Gasteiger partial charge on any atom is -0.376 e. The highest BCUT2D eigenvalue weighted by Crippen LogP contribution is 2.42. The maximum absolute atomic E-state index is 6.15. The van der Waals surface area contributed by atoms with Crippen LogP contribution >= 0.6 is 11.6 Å². The van der Waals surface area contributed by atoms with Gasteiger partial charge in [0.15, 0.2) is 5.15 Å². The standard InChI is InChI=1S/C17H19ClN2/c1-17(2)10-9-14(12-6-3-4-7-13(12)17)20-15-8-5-11-19-16(15)18/h3-8,11,14,20H,9-10H2,1-2H3. The summed E-state index contributed by atoms with van der Waals surface area (Å²) in [4.78, 5) is 4.13. The van der Waals surface area contributed by atoms with Gasteiger partial charge in [-0.15, -0.1) is 0 Å². The molecule has 1 aromatic heterocycles. The Bertz CT molecular complexity index is 622. The molecule has 0 spiro atoms. The predicted octanol–water partition coefficient (Wildman–Crippen LogP) is 4.96. The van der Waals surface area contributed by atoms with E-state index in [0.29, 0.717) is 11.2 Å². The quantitative estimate of drug-likeness (QED) is 0.789. The lowest BCUT2D eigenvalue weighted by atomic mass is 9.71. The third kappa shape index (κ3) is 2.40. The summed E-state index contributed by atoms with van der Waals surface area (Å²) in [6.07, 6.45) is 3.99. The van der Waals surface area contributed by atoms with E-state index in [1.807, 2.05) is 12.1 Å². The second-order valence-electron chi connectivity index (χ2n) is 6.05. The van der Waals surface area contributed by atoms with Crippen molar-refractivity contribution in [3.63, 3.8) is 0 Å². The maximum Gasteiger partial charge on any atom is 0.152 e. The highest BCUT2D eigenvalue weighted by atomic mass is 35.5. The maximum atomic E-state index is 6.15. The van der Waals surface area contributed by atoms with E-state index in [9.17, 15) is 0 Å². The molecule has 1 aliphatic carbocycles. The van der Waals surface area contributed by atoms with Crippen LogP contribution in [0, 0.1) is 0 Å². The van der Waals surface area contributed by atoms with Crippen molar-refractivity contribution in [1.29, 1.82) is 0 Å². The Morgan fingerprint density at radius 2 is 2.00 bits per heavy atom. The molecule has 0 aliphatic heterocycles. The van der Waals surface area contributed by atoms with Gasteiger partial charge in [-0.2, -0.15) is 0 Å². The Labute approximate surface area is 125 Å². The summed E-state index contributed by atoms with van der Waals surface area (Å²) >= 11 is 6.15. The molecule has 1 aromatic carbocycles. The van der Waals surface area contributed by atoms with Gasteiger partial charge in [-0.05, 0) is 41.5 Å². The first-order chi connectivity index (χ1) is 9.58. The Kier molecular flexibility index (Phi) is 3.43. The zero-order valence-corrected chi connectivity index (χ0v) is 12.6. The lowest BCUT2D eigenvalue weighted by molar-refractivity contribution is 0.406. The molecule has 1 atom stereocenters. The van der Waals surface area contributed by atoms with Gasteiger partial charge in [-0.25, -0.2) is 4.98 Å².